The van der Waals surface area contributed by atoms with Crippen LogP contribution in [0.1, 0.15) is 20.3 Å². The van der Waals surface area contributed by atoms with E-state index in [0.717, 1.165) is 0 Å². The number of amides is 1. The van der Waals surface area contributed by atoms with Crippen LogP contribution in [0.2, 0.25) is 0 Å². The second kappa shape index (κ2) is 8.95. The maximum Gasteiger partial charge on any atom is 0.307 e. The third-order valence-corrected chi connectivity index (χ3v) is 2.00. The fourth-order valence-electron chi connectivity index (χ4n) is 1.31. The fourth-order valence-corrected chi connectivity index (χ4v) is 1.31. The van der Waals surface area contributed by atoms with E-state index in [0.29, 0.717) is 6.61 Å². The Bertz CT molecular complexity index is 242. The summed E-state index contributed by atoms with van der Waals surface area (Å²) in [6, 6.07) is 0. The topological polar surface area (TPSA) is 76.1 Å². The molecule has 0 aliphatic rings. The summed E-state index contributed by atoms with van der Waals surface area (Å²) in [4.78, 5) is 24.1. The zero-order valence-corrected chi connectivity index (χ0v) is 10.6. The first-order valence-corrected chi connectivity index (χ1v) is 5.61. The second-order valence-electron chi connectivity index (χ2n) is 3.68. The van der Waals surface area contributed by atoms with Gasteiger partial charge in [0.1, 0.15) is 6.61 Å². The molecule has 0 aromatic rings. The zero-order chi connectivity index (χ0) is 13.3. The van der Waals surface area contributed by atoms with Gasteiger partial charge in [0.15, 0.2) is 0 Å². The Kier molecular flexibility index (Phi) is 8.35. The Hall–Kier alpha value is -1.14. The van der Waals surface area contributed by atoms with Gasteiger partial charge < -0.3 is 19.5 Å². The van der Waals surface area contributed by atoms with Crippen molar-refractivity contribution in [2.45, 2.75) is 26.4 Å². The summed E-state index contributed by atoms with van der Waals surface area (Å²) in [6.07, 6.45) is -0.520. The molecule has 6 heteroatoms. The molecule has 0 aliphatic carbocycles. The van der Waals surface area contributed by atoms with Crippen molar-refractivity contribution in [1.29, 1.82) is 0 Å². The maximum atomic E-state index is 11.6. The number of aliphatic hydroxyl groups excluding tert-OH is 1. The molecule has 17 heavy (non-hydrogen) atoms. The minimum Gasteiger partial charge on any atom is -0.466 e. The van der Waals surface area contributed by atoms with Gasteiger partial charge in [-0.25, -0.2) is 0 Å². The molecule has 0 rings (SSSR count). The zero-order valence-electron chi connectivity index (χ0n) is 10.6. The smallest absolute Gasteiger partial charge is 0.307 e. The molecule has 0 fully saturated rings. The molecule has 1 unspecified atom stereocenters. The van der Waals surface area contributed by atoms with Crippen molar-refractivity contribution in [2.75, 3.05) is 33.4 Å². The lowest BCUT2D eigenvalue weighted by Crippen LogP contribution is -2.40. The number of esters is 1. The van der Waals surface area contributed by atoms with E-state index in [1.54, 1.807) is 13.8 Å². The SMILES string of the molecule is CCOC(=O)CCN(CC(C)O)C(=O)COC. The van der Waals surface area contributed by atoms with Crippen LogP contribution in [0, 0.1) is 0 Å². The largest absolute Gasteiger partial charge is 0.466 e. The number of hydrogen-bond acceptors (Lipinski definition) is 5. The van der Waals surface area contributed by atoms with E-state index in [4.69, 9.17) is 9.47 Å². The highest BCUT2D eigenvalue weighted by Crippen LogP contribution is 1.98. The predicted octanol–water partition coefficient (Wildman–Crippen LogP) is -0.205. The highest BCUT2D eigenvalue weighted by Gasteiger charge is 2.16. The van der Waals surface area contributed by atoms with Gasteiger partial charge in [-0.05, 0) is 13.8 Å². The molecule has 1 amide bonds. The lowest BCUT2D eigenvalue weighted by molar-refractivity contribution is -0.144. The molecule has 1 atom stereocenters. The number of ether oxygens (including phenoxy) is 2. The van der Waals surface area contributed by atoms with E-state index < -0.39 is 6.10 Å². The van der Waals surface area contributed by atoms with Gasteiger partial charge in [0.2, 0.25) is 5.91 Å². The summed E-state index contributed by atoms with van der Waals surface area (Å²) in [5.41, 5.74) is 0. The van der Waals surface area contributed by atoms with Crippen LogP contribution >= 0.6 is 0 Å². The predicted molar refractivity (Wildman–Crippen MR) is 61.4 cm³/mol. The molecular weight excluding hydrogens is 226 g/mol. The van der Waals surface area contributed by atoms with Crippen LogP contribution in [0.25, 0.3) is 0 Å². The van der Waals surface area contributed by atoms with Crippen LogP contribution in [0.4, 0.5) is 0 Å². The number of rotatable bonds is 8. The lowest BCUT2D eigenvalue weighted by Gasteiger charge is -2.23. The maximum absolute atomic E-state index is 11.6. The minimum atomic E-state index is -0.641. The van der Waals surface area contributed by atoms with Crippen molar-refractivity contribution in [3.05, 3.63) is 0 Å². The van der Waals surface area contributed by atoms with Crippen molar-refractivity contribution in [3.63, 3.8) is 0 Å². The number of hydrogen-bond donors (Lipinski definition) is 1. The van der Waals surface area contributed by atoms with E-state index in [1.807, 2.05) is 0 Å². The van der Waals surface area contributed by atoms with Gasteiger partial charge in [-0.15, -0.1) is 0 Å². The number of carbonyl (C=O) groups is 2. The monoisotopic (exact) mass is 247 g/mol. The number of methoxy groups -OCH3 is 1. The molecule has 0 spiro atoms. The molecule has 0 aromatic carbocycles. The van der Waals surface area contributed by atoms with Crippen LogP contribution in [0.5, 0.6) is 0 Å². The van der Waals surface area contributed by atoms with E-state index >= 15 is 0 Å². The number of aliphatic hydroxyl groups is 1. The summed E-state index contributed by atoms with van der Waals surface area (Å²) in [6.45, 7) is 3.98. The quantitative estimate of drug-likeness (QED) is 0.601. The van der Waals surface area contributed by atoms with Gasteiger partial charge in [-0.2, -0.15) is 0 Å². The van der Waals surface area contributed by atoms with E-state index in [9.17, 15) is 14.7 Å². The third-order valence-electron chi connectivity index (χ3n) is 2.00. The van der Waals surface area contributed by atoms with Gasteiger partial charge >= 0.3 is 5.97 Å². The standard InChI is InChI=1S/C11H21NO5/c1-4-17-11(15)5-6-12(7-9(2)13)10(14)8-16-3/h9,13H,4-8H2,1-3H3. The summed E-state index contributed by atoms with van der Waals surface area (Å²) in [5, 5.41) is 9.26. The van der Waals surface area contributed by atoms with Gasteiger partial charge in [-0.3, -0.25) is 9.59 Å². The van der Waals surface area contributed by atoms with Crippen molar-refractivity contribution in [2.24, 2.45) is 0 Å². The molecular formula is C11H21NO5. The van der Waals surface area contributed by atoms with Crippen molar-refractivity contribution in [3.8, 4) is 0 Å². The first-order valence-electron chi connectivity index (χ1n) is 5.61. The van der Waals surface area contributed by atoms with Gasteiger partial charge in [-0.1, -0.05) is 0 Å². The van der Waals surface area contributed by atoms with Crippen LogP contribution in [-0.4, -0.2) is 61.4 Å². The molecule has 0 aromatic heterocycles. The summed E-state index contributed by atoms with van der Waals surface area (Å²) in [5.74, 6) is -0.606. The third kappa shape index (κ3) is 7.70. The minimum absolute atomic E-state index is 0.0600. The molecule has 0 bridgehead atoms. The summed E-state index contributed by atoms with van der Waals surface area (Å²) >= 11 is 0. The van der Waals surface area contributed by atoms with Crippen molar-refractivity contribution >= 4 is 11.9 Å². The van der Waals surface area contributed by atoms with Gasteiger partial charge in [0, 0.05) is 20.2 Å². The van der Waals surface area contributed by atoms with Crippen LogP contribution in [-0.2, 0) is 19.1 Å². The highest BCUT2D eigenvalue weighted by atomic mass is 16.5. The first-order chi connectivity index (χ1) is 8.01. The second-order valence-corrected chi connectivity index (χ2v) is 3.68. The normalized spacial score (nSPS) is 12.0. The van der Waals surface area contributed by atoms with Gasteiger partial charge in [0.25, 0.3) is 0 Å². The average Bonchev–Trinajstić information content (AvgIpc) is 2.24. The van der Waals surface area contributed by atoms with E-state index in [2.05, 4.69) is 0 Å². The van der Waals surface area contributed by atoms with E-state index in [-0.39, 0.29) is 38.0 Å². The Labute approximate surface area is 101 Å². The molecule has 0 aliphatic heterocycles. The number of carbonyl (C=O) groups excluding carboxylic acids is 2. The van der Waals surface area contributed by atoms with Crippen LogP contribution < -0.4 is 0 Å². The molecule has 0 heterocycles. The molecule has 0 radical (unpaired) electrons. The molecule has 6 nitrogen and oxygen atoms in total. The fraction of sp³-hybridized carbons (Fsp3) is 0.818. The lowest BCUT2D eigenvalue weighted by atomic mass is 10.3. The molecule has 0 saturated carbocycles. The first kappa shape index (κ1) is 15.9. The molecule has 100 valence electrons. The molecule has 0 saturated heterocycles. The van der Waals surface area contributed by atoms with Crippen LogP contribution in [0.3, 0.4) is 0 Å². The highest BCUT2D eigenvalue weighted by molar-refractivity contribution is 5.78. The Balaban J connectivity index is 4.18. The number of nitrogens with zero attached hydrogens (tertiary/aromatic N) is 1. The Morgan fingerprint density at radius 1 is 1.41 bits per heavy atom. The van der Waals surface area contributed by atoms with Crippen molar-refractivity contribution in [1.82, 2.24) is 4.90 Å². The van der Waals surface area contributed by atoms with Crippen LogP contribution in [0.15, 0.2) is 0 Å². The Morgan fingerprint density at radius 3 is 2.53 bits per heavy atom. The Morgan fingerprint density at radius 2 is 2.06 bits per heavy atom. The summed E-state index contributed by atoms with van der Waals surface area (Å²) < 4.78 is 9.50. The molecule has 1 N–H and O–H groups in total. The van der Waals surface area contributed by atoms with Crippen molar-refractivity contribution < 1.29 is 24.2 Å². The van der Waals surface area contributed by atoms with E-state index in [1.165, 1.54) is 12.0 Å². The average molecular weight is 247 g/mol. The van der Waals surface area contributed by atoms with Gasteiger partial charge in [0.05, 0.1) is 19.1 Å². The summed E-state index contributed by atoms with van der Waals surface area (Å²) in [7, 11) is 1.42.